The second-order valence-electron chi connectivity index (χ2n) is 6.44. The summed E-state index contributed by atoms with van der Waals surface area (Å²) in [5.74, 6) is 2.57. The molecule has 1 aliphatic heterocycles. The molecular weight excluding hydrogens is 419 g/mol. The normalized spacial score (nSPS) is 17.8. The molecule has 0 bridgehead atoms. The third-order valence-electron chi connectivity index (χ3n) is 4.04. The van der Waals surface area contributed by atoms with Gasteiger partial charge in [0, 0.05) is 33.2 Å². The van der Waals surface area contributed by atoms with Gasteiger partial charge in [0.25, 0.3) is 5.91 Å². The average Bonchev–Trinajstić information content (AvgIpc) is 3.18. The zero-order valence-corrected chi connectivity index (χ0v) is 17.1. The second-order valence-corrected chi connectivity index (χ2v) is 6.44. The molecule has 1 saturated heterocycles. The Kier molecular flexibility index (Phi) is 9.17. The van der Waals surface area contributed by atoms with Crippen LogP contribution in [0.2, 0.25) is 0 Å². The lowest BCUT2D eigenvalue weighted by Crippen LogP contribution is -2.43. The lowest BCUT2D eigenvalue weighted by atomic mass is 9.97. The second kappa shape index (κ2) is 10.6. The molecule has 0 radical (unpaired) electrons. The predicted molar refractivity (Wildman–Crippen MR) is 107 cm³/mol. The first-order valence-electron chi connectivity index (χ1n) is 8.37. The van der Waals surface area contributed by atoms with Gasteiger partial charge in [-0.15, -0.1) is 24.0 Å². The number of guanidine groups is 1. The van der Waals surface area contributed by atoms with E-state index in [2.05, 4.69) is 34.4 Å². The van der Waals surface area contributed by atoms with E-state index in [1.807, 2.05) is 0 Å². The van der Waals surface area contributed by atoms with E-state index in [1.54, 1.807) is 19.2 Å². The number of amides is 1. The zero-order valence-electron chi connectivity index (χ0n) is 14.7. The van der Waals surface area contributed by atoms with Gasteiger partial charge in [0.2, 0.25) is 0 Å². The monoisotopic (exact) mass is 448 g/mol. The van der Waals surface area contributed by atoms with Crippen LogP contribution in [0.3, 0.4) is 0 Å². The molecule has 136 valence electrons. The quantitative estimate of drug-likeness (QED) is 0.304. The van der Waals surface area contributed by atoms with Crippen LogP contribution in [0.15, 0.2) is 27.8 Å². The minimum absolute atomic E-state index is 0. The van der Waals surface area contributed by atoms with Crippen molar-refractivity contribution < 1.29 is 9.21 Å². The molecule has 2 heterocycles. The van der Waals surface area contributed by atoms with E-state index in [9.17, 15) is 4.79 Å². The minimum atomic E-state index is -0.190. The Morgan fingerprint density at radius 1 is 1.42 bits per heavy atom. The van der Waals surface area contributed by atoms with Crippen molar-refractivity contribution in [3.05, 3.63) is 24.2 Å². The minimum Gasteiger partial charge on any atom is -0.459 e. The largest absolute Gasteiger partial charge is 0.459 e. The molecule has 7 heteroatoms. The number of likely N-dealkylation sites (tertiary alicyclic amines) is 1. The highest BCUT2D eigenvalue weighted by molar-refractivity contribution is 14.0. The maximum Gasteiger partial charge on any atom is 0.287 e. The third-order valence-corrected chi connectivity index (χ3v) is 4.04. The summed E-state index contributed by atoms with van der Waals surface area (Å²) < 4.78 is 5.05. The van der Waals surface area contributed by atoms with Crippen molar-refractivity contribution in [1.82, 2.24) is 15.5 Å². The van der Waals surface area contributed by atoms with Crippen LogP contribution >= 0.6 is 24.0 Å². The van der Waals surface area contributed by atoms with Crippen molar-refractivity contribution in [2.75, 3.05) is 33.2 Å². The number of carbonyl (C=O) groups is 1. The van der Waals surface area contributed by atoms with Gasteiger partial charge in [0.1, 0.15) is 0 Å². The third kappa shape index (κ3) is 6.33. The lowest BCUT2D eigenvalue weighted by Gasteiger charge is -2.22. The van der Waals surface area contributed by atoms with Gasteiger partial charge in [-0.05, 0) is 36.8 Å². The molecule has 0 aliphatic carbocycles. The van der Waals surface area contributed by atoms with Gasteiger partial charge in [-0.1, -0.05) is 13.8 Å². The van der Waals surface area contributed by atoms with Gasteiger partial charge in [-0.25, -0.2) is 0 Å². The summed E-state index contributed by atoms with van der Waals surface area (Å²) in [4.78, 5) is 18.4. The van der Waals surface area contributed by atoms with E-state index < -0.39 is 0 Å². The standard InChI is InChI=1S/C17H28N4O2.HI/c1-13(2)11-14-6-9-21(12-14)17(18-3)20-8-7-19-16(22)15-5-4-10-23-15;/h4-5,10,13-14H,6-9,11-12H2,1-3H3,(H,18,20)(H,19,22);1H. The summed E-state index contributed by atoms with van der Waals surface area (Å²) in [5, 5.41) is 6.14. The summed E-state index contributed by atoms with van der Waals surface area (Å²) in [6.07, 6.45) is 4.00. The van der Waals surface area contributed by atoms with Crippen LogP contribution in [0.5, 0.6) is 0 Å². The Bertz CT molecular complexity index is 517. The number of nitrogens with one attached hydrogen (secondary N) is 2. The highest BCUT2D eigenvalue weighted by atomic mass is 127. The van der Waals surface area contributed by atoms with Gasteiger partial charge in [-0.3, -0.25) is 9.79 Å². The molecule has 1 fully saturated rings. The lowest BCUT2D eigenvalue weighted by molar-refractivity contribution is 0.0926. The van der Waals surface area contributed by atoms with Crippen LogP contribution in [-0.4, -0.2) is 50.0 Å². The summed E-state index contributed by atoms with van der Waals surface area (Å²) in [5.41, 5.74) is 0. The molecule has 1 unspecified atom stereocenters. The van der Waals surface area contributed by atoms with E-state index >= 15 is 0 Å². The van der Waals surface area contributed by atoms with Crippen LogP contribution < -0.4 is 10.6 Å². The van der Waals surface area contributed by atoms with E-state index in [4.69, 9.17) is 4.42 Å². The number of halogens is 1. The van der Waals surface area contributed by atoms with Crippen molar-refractivity contribution in [3.63, 3.8) is 0 Å². The molecule has 1 aliphatic rings. The summed E-state index contributed by atoms with van der Waals surface area (Å²) in [7, 11) is 1.81. The Labute approximate surface area is 161 Å². The predicted octanol–water partition coefficient (Wildman–Crippen LogP) is 2.57. The number of nitrogens with zero attached hydrogens (tertiary/aromatic N) is 2. The molecule has 6 nitrogen and oxygen atoms in total. The Hall–Kier alpha value is -1.25. The van der Waals surface area contributed by atoms with Gasteiger partial charge in [0.05, 0.1) is 6.26 Å². The van der Waals surface area contributed by atoms with Gasteiger partial charge in [-0.2, -0.15) is 0 Å². The molecule has 1 atom stereocenters. The topological polar surface area (TPSA) is 69.9 Å². The van der Waals surface area contributed by atoms with Crippen molar-refractivity contribution >= 4 is 35.8 Å². The summed E-state index contributed by atoms with van der Waals surface area (Å²) in [6.45, 7) is 7.84. The Balaban J connectivity index is 0.00000288. The van der Waals surface area contributed by atoms with Crippen LogP contribution in [0.1, 0.15) is 37.2 Å². The summed E-state index contributed by atoms with van der Waals surface area (Å²) in [6, 6.07) is 3.36. The molecular formula is C17H29IN4O2. The van der Waals surface area contributed by atoms with Gasteiger partial charge >= 0.3 is 0 Å². The molecule has 24 heavy (non-hydrogen) atoms. The highest BCUT2D eigenvalue weighted by Crippen LogP contribution is 2.23. The molecule has 1 aromatic rings. The van der Waals surface area contributed by atoms with Crippen molar-refractivity contribution in [1.29, 1.82) is 0 Å². The fourth-order valence-corrected chi connectivity index (χ4v) is 3.06. The maximum atomic E-state index is 11.7. The average molecular weight is 448 g/mol. The number of rotatable bonds is 6. The van der Waals surface area contributed by atoms with Gasteiger partial charge < -0.3 is 20.0 Å². The SMILES string of the molecule is CN=C(NCCNC(=O)c1ccco1)N1CCC(CC(C)C)C1.I. The van der Waals surface area contributed by atoms with Crippen LogP contribution in [-0.2, 0) is 0 Å². The number of carbonyl (C=O) groups excluding carboxylic acids is 1. The first-order chi connectivity index (χ1) is 11.1. The van der Waals surface area contributed by atoms with E-state index in [0.717, 1.165) is 30.9 Å². The molecule has 2 N–H and O–H groups in total. The molecule has 0 aromatic carbocycles. The zero-order chi connectivity index (χ0) is 16.7. The van der Waals surface area contributed by atoms with Crippen molar-refractivity contribution in [3.8, 4) is 0 Å². The summed E-state index contributed by atoms with van der Waals surface area (Å²) >= 11 is 0. The van der Waals surface area contributed by atoms with Crippen molar-refractivity contribution in [2.45, 2.75) is 26.7 Å². The molecule has 1 amide bonds. The number of hydrogen-bond donors (Lipinski definition) is 2. The maximum absolute atomic E-state index is 11.7. The molecule has 2 rings (SSSR count). The fourth-order valence-electron chi connectivity index (χ4n) is 3.06. The van der Waals surface area contributed by atoms with E-state index in [-0.39, 0.29) is 29.9 Å². The van der Waals surface area contributed by atoms with Crippen LogP contribution in [0, 0.1) is 11.8 Å². The Morgan fingerprint density at radius 3 is 2.79 bits per heavy atom. The molecule has 0 saturated carbocycles. The Morgan fingerprint density at radius 2 is 2.17 bits per heavy atom. The number of furan rings is 1. The first kappa shape index (κ1) is 20.8. The van der Waals surface area contributed by atoms with E-state index in [0.29, 0.717) is 18.8 Å². The first-order valence-corrected chi connectivity index (χ1v) is 8.37. The fraction of sp³-hybridized carbons (Fsp3) is 0.647. The van der Waals surface area contributed by atoms with E-state index in [1.165, 1.54) is 19.1 Å². The molecule has 1 aromatic heterocycles. The number of hydrogen-bond acceptors (Lipinski definition) is 3. The van der Waals surface area contributed by atoms with Crippen LogP contribution in [0.4, 0.5) is 0 Å². The van der Waals surface area contributed by atoms with Gasteiger partial charge in [0.15, 0.2) is 11.7 Å². The smallest absolute Gasteiger partial charge is 0.287 e. The van der Waals surface area contributed by atoms with Crippen LogP contribution in [0.25, 0.3) is 0 Å². The highest BCUT2D eigenvalue weighted by Gasteiger charge is 2.25. The van der Waals surface area contributed by atoms with Crippen molar-refractivity contribution in [2.24, 2.45) is 16.8 Å². The number of aliphatic imine (C=N–C) groups is 1. The molecule has 0 spiro atoms.